The van der Waals surface area contributed by atoms with Crippen LogP contribution < -0.4 is 14.8 Å². The molecule has 86 valence electrons. The number of carbonyl (C=O) groups excluding carboxylic acids is 1. The lowest BCUT2D eigenvalue weighted by atomic mass is 10.1. The fourth-order valence-electron chi connectivity index (χ4n) is 1.66. The largest absolute Gasteiger partial charge is 0.449 e. The molecule has 1 heterocycles. The van der Waals surface area contributed by atoms with Gasteiger partial charge in [0.05, 0.1) is 6.54 Å². The van der Waals surface area contributed by atoms with Gasteiger partial charge < -0.3 is 14.8 Å². The monoisotopic (exact) mass is 221 g/mol. The average Bonchev–Trinajstić information content (AvgIpc) is 2.50. The Labute approximate surface area is 94.6 Å². The number of benzene rings is 1. The molecule has 4 heteroatoms. The highest BCUT2D eigenvalue weighted by Crippen LogP contribution is 2.39. The van der Waals surface area contributed by atoms with E-state index in [0.717, 1.165) is 0 Å². The van der Waals surface area contributed by atoms with E-state index in [2.05, 4.69) is 5.32 Å². The standard InChI is InChI=1S/C12H15NO3/c1-12(2)15-10-5-4-8(6-11(10)16-12)9(14)7-13-3/h4-6,13H,7H2,1-3H3. The molecule has 0 saturated heterocycles. The summed E-state index contributed by atoms with van der Waals surface area (Å²) < 4.78 is 11.1. The molecule has 16 heavy (non-hydrogen) atoms. The van der Waals surface area contributed by atoms with E-state index in [0.29, 0.717) is 23.6 Å². The molecule has 1 aliphatic rings. The third-order valence-corrected chi connectivity index (χ3v) is 2.31. The number of hydrogen-bond donors (Lipinski definition) is 1. The molecule has 0 atom stereocenters. The van der Waals surface area contributed by atoms with Crippen LogP contribution in [0.5, 0.6) is 11.5 Å². The zero-order chi connectivity index (χ0) is 11.8. The van der Waals surface area contributed by atoms with Crippen LogP contribution in [0.25, 0.3) is 0 Å². The van der Waals surface area contributed by atoms with Gasteiger partial charge in [-0.1, -0.05) is 0 Å². The topological polar surface area (TPSA) is 47.6 Å². The van der Waals surface area contributed by atoms with E-state index < -0.39 is 5.79 Å². The SMILES string of the molecule is CNCC(=O)c1ccc2c(c1)OC(C)(C)O2. The number of carbonyl (C=O) groups is 1. The summed E-state index contributed by atoms with van der Waals surface area (Å²) in [5.74, 6) is 0.712. The first-order valence-corrected chi connectivity index (χ1v) is 5.22. The Hall–Kier alpha value is -1.55. The molecule has 1 N–H and O–H groups in total. The Morgan fingerprint density at radius 2 is 2.00 bits per heavy atom. The molecule has 2 rings (SSSR count). The summed E-state index contributed by atoms with van der Waals surface area (Å²) >= 11 is 0. The zero-order valence-corrected chi connectivity index (χ0v) is 9.66. The molecule has 0 aliphatic carbocycles. The summed E-state index contributed by atoms with van der Waals surface area (Å²) in [5.41, 5.74) is 0.634. The fourth-order valence-corrected chi connectivity index (χ4v) is 1.66. The third kappa shape index (κ3) is 2.02. The molecule has 1 aromatic carbocycles. The normalized spacial score (nSPS) is 16.2. The number of hydrogen-bond acceptors (Lipinski definition) is 4. The van der Waals surface area contributed by atoms with E-state index in [1.54, 1.807) is 25.2 Å². The summed E-state index contributed by atoms with van der Waals surface area (Å²) in [7, 11) is 1.74. The number of Topliss-reactive ketones (excluding diaryl/α,β-unsaturated/α-hetero) is 1. The summed E-state index contributed by atoms with van der Waals surface area (Å²) in [4.78, 5) is 11.6. The molecule has 0 spiro atoms. The number of ketones is 1. The van der Waals surface area contributed by atoms with Crippen LogP contribution in [-0.4, -0.2) is 25.2 Å². The number of ether oxygens (including phenoxy) is 2. The molecule has 0 amide bonds. The molecule has 0 unspecified atom stereocenters. The molecule has 1 aromatic rings. The highest BCUT2D eigenvalue weighted by molar-refractivity contribution is 5.98. The van der Waals surface area contributed by atoms with Crippen molar-refractivity contribution in [3.8, 4) is 11.5 Å². The highest BCUT2D eigenvalue weighted by Gasteiger charge is 2.31. The molecule has 0 saturated carbocycles. The van der Waals surface area contributed by atoms with Gasteiger partial charge in [0.25, 0.3) is 0 Å². The maximum atomic E-state index is 11.6. The van der Waals surface area contributed by atoms with Gasteiger partial charge in [-0.15, -0.1) is 0 Å². The van der Waals surface area contributed by atoms with Crippen LogP contribution >= 0.6 is 0 Å². The summed E-state index contributed by atoms with van der Waals surface area (Å²) in [6.07, 6.45) is 0. The third-order valence-electron chi connectivity index (χ3n) is 2.31. The van der Waals surface area contributed by atoms with Crippen molar-refractivity contribution in [2.24, 2.45) is 0 Å². The predicted octanol–water partition coefficient (Wildman–Crippen LogP) is 1.60. The van der Waals surface area contributed by atoms with Crippen LogP contribution in [-0.2, 0) is 0 Å². The molecule has 0 bridgehead atoms. The molecule has 0 radical (unpaired) electrons. The van der Waals surface area contributed by atoms with Gasteiger partial charge in [0.2, 0.25) is 5.79 Å². The molecule has 4 nitrogen and oxygen atoms in total. The summed E-state index contributed by atoms with van der Waals surface area (Å²) in [6, 6.07) is 5.25. The first-order valence-electron chi connectivity index (χ1n) is 5.22. The minimum absolute atomic E-state index is 0.0404. The van der Waals surface area contributed by atoms with Crippen molar-refractivity contribution in [3.63, 3.8) is 0 Å². The van der Waals surface area contributed by atoms with Gasteiger partial charge in [0.15, 0.2) is 17.3 Å². The van der Waals surface area contributed by atoms with E-state index >= 15 is 0 Å². The number of fused-ring (bicyclic) bond motifs is 1. The van der Waals surface area contributed by atoms with Crippen molar-refractivity contribution in [3.05, 3.63) is 23.8 Å². The Bertz CT molecular complexity index is 426. The Balaban J connectivity index is 2.26. The van der Waals surface area contributed by atoms with E-state index in [-0.39, 0.29) is 5.78 Å². The summed E-state index contributed by atoms with van der Waals surface area (Å²) in [6.45, 7) is 3.99. The van der Waals surface area contributed by atoms with Crippen LogP contribution in [0.15, 0.2) is 18.2 Å². The Morgan fingerprint density at radius 1 is 1.31 bits per heavy atom. The zero-order valence-electron chi connectivity index (χ0n) is 9.66. The quantitative estimate of drug-likeness (QED) is 0.787. The number of nitrogens with one attached hydrogen (secondary N) is 1. The Morgan fingerprint density at radius 3 is 2.69 bits per heavy atom. The number of rotatable bonds is 3. The van der Waals surface area contributed by atoms with Crippen LogP contribution in [0, 0.1) is 0 Å². The van der Waals surface area contributed by atoms with E-state index in [9.17, 15) is 4.79 Å². The van der Waals surface area contributed by atoms with Gasteiger partial charge in [-0.2, -0.15) is 0 Å². The lowest BCUT2D eigenvalue weighted by Crippen LogP contribution is -2.29. The first-order chi connectivity index (χ1) is 7.52. The van der Waals surface area contributed by atoms with Gasteiger partial charge in [-0.25, -0.2) is 0 Å². The minimum Gasteiger partial charge on any atom is -0.449 e. The van der Waals surface area contributed by atoms with Crippen molar-refractivity contribution in [1.82, 2.24) is 5.32 Å². The van der Waals surface area contributed by atoms with Crippen LogP contribution in [0.4, 0.5) is 0 Å². The van der Waals surface area contributed by atoms with Crippen LogP contribution in [0.1, 0.15) is 24.2 Å². The van der Waals surface area contributed by atoms with Gasteiger partial charge in [-0.3, -0.25) is 4.79 Å². The fraction of sp³-hybridized carbons (Fsp3) is 0.417. The lowest BCUT2D eigenvalue weighted by molar-refractivity contribution is -0.0431. The van der Waals surface area contributed by atoms with Crippen molar-refractivity contribution in [1.29, 1.82) is 0 Å². The van der Waals surface area contributed by atoms with Gasteiger partial charge in [-0.05, 0) is 25.2 Å². The van der Waals surface area contributed by atoms with E-state index in [4.69, 9.17) is 9.47 Å². The predicted molar refractivity (Wildman–Crippen MR) is 60.0 cm³/mol. The molecular formula is C12H15NO3. The van der Waals surface area contributed by atoms with Crippen LogP contribution in [0.2, 0.25) is 0 Å². The Kier molecular flexibility index (Phi) is 2.59. The van der Waals surface area contributed by atoms with Gasteiger partial charge >= 0.3 is 0 Å². The average molecular weight is 221 g/mol. The second-order valence-electron chi connectivity index (χ2n) is 4.22. The number of likely N-dealkylation sites (N-methyl/N-ethyl adjacent to an activating group) is 1. The van der Waals surface area contributed by atoms with Gasteiger partial charge in [0.1, 0.15) is 0 Å². The molecule has 0 fully saturated rings. The second-order valence-corrected chi connectivity index (χ2v) is 4.22. The van der Waals surface area contributed by atoms with Crippen molar-refractivity contribution >= 4 is 5.78 Å². The van der Waals surface area contributed by atoms with Crippen LogP contribution in [0.3, 0.4) is 0 Å². The minimum atomic E-state index is -0.646. The molecule has 0 aromatic heterocycles. The highest BCUT2D eigenvalue weighted by atomic mass is 16.7. The maximum Gasteiger partial charge on any atom is 0.246 e. The second kappa shape index (κ2) is 3.79. The van der Waals surface area contributed by atoms with Gasteiger partial charge in [0, 0.05) is 19.4 Å². The van der Waals surface area contributed by atoms with E-state index in [1.807, 2.05) is 13.8 Å². The van der Waals surface area contributed by atoms with Crippen molar-refractivity contribution < 1.29 is 14.3 Å². The molecular weight excluding hydrogens is 206 g/mol. The van der Waals surface area contributed by atoms with Crippen molar-refractivity contribution in [2.75, 3.05) is 13.6 Å². The first kappa shape index (κ1) is 11.0. The lowest BCUT2D eigenvalue weighted by Gasteiger charge is -2.16. The summed E-state index contributed by atoms with van der Waals surface area (Å²) in [5, 5.41) is 2.83. The maximum absolute atomic E-state index is 11.6. The van der Waals surface area contributed by atoms with Crippen molar-refractivity contribution in [2.45, 2.75) is 19.6 Å². The molecule has 1 aliphatic heterocycles. The smallest absolute Gasteiger partial charge is 0.246 e. The van der Waals surface area contributed by atoms with E-state index in [1.165, 1.54) is 0 Å².